The summed E-state index contributed by atoms with van der Waals surface area (Å²) >= 11 is 2.91. The van der Waals surface area contributed by atoms with Gasteiger partial charge in [0.25, 0.3) is 0 Å². The molecule has 0 aliphatic carbocycles. The maximum Gasteiger partial charge on any atom is 0.416 e. The van der Waals surface area contributed by atoms with Gasteiger partial charge in [0.15, 0.2) is 0 Å². The summed E-state index contributed by atoms with van der Waals surface area (Å²) in [4.78, 5) is 10.4. The molecule has 0 bridgehead atoms. The number of phenolic OH excluding ortho intramolecular Hbond substituents is 1. The van der Waals surface area contributed by atoms with E-state index < -0.39 is 29.5 Å². The lowest BCUT2D eigenvalue weighted by Gasteiger charge is -2.19. The summed E-state index contributed by atoms with van der Waals surface area (Å²) in [5, 5.41) is 17.8. The van der Waals surface area contributed by atoms with E-state index in [4.69, 9.17) is 10.8 Å². The van der Waals surface area contributed by atoms with E-state index in [9.17, 15) is 23.1 Å². The third kappa shape index (κ3) is 4.10. The van der Waals surface area contributed by atoms with E-state index in [-0.39, 0.29) is 22.9 Å². The molecule has 0 aliphatic rings. The topological polar surface area (TPSA) is 83.6 Å². The molecule has 19 heavy (non-hydrogen) atoms. The molecule has 1 unspecified atom stereocenters. The summed E-state index contributed by atoms with van der Waals surface area (Å²) < 4.78 is 38.5. The minimum Gasteiger partial charge on any atom is -0.507 e. The molecule has 0 saturated heterocycles. The van der Waals surface area contributed by atoms with Crippen LogP contribution in [-0.4, -0.2) is 16.2 Å². The number of phenols is 1. The standard InChI is InChI=1S/C11H11BrF3NO3/c12-7-3-5(8(16)1-2-10(18)19)6(4-9(7)17)11(13,14)15/h3-4,8,17H,1-2,16H2,(H,18,19). The number of halogens is 4. The number of alkyl halides is 3. The lowest BCUT2D eigenvalue weighted by atomic mass is 9.97. The first kappa shape index (κ1) is 15.8. The van der Waals surface area contributed by atoms with Crippen molar-refractivity contribution in [3.63, 3.8) is 0 Å². The van der Waals surface area contributed by atoms with E-state index in [2.05, 4.69) is 15.9 Å². The second kappa shape index (κ2) is 5.79. The second-order valence-corrected chi connectivity index (χ2v) is 4.78. The molecule has 4 nitrogen and oxygen atoms in total. The van der Waals surface area contributed by atoms with E-state index in [1.807, 2.05) is 0 Å². The van der Waals surface area contributed by atoms with Crippen LogP contribution < -0.4 is 5.73 Å². The van der Waals surface area contributed by atoms with Gasteiger partial charge in [0.1, 0.15) is 5.75 Å². The highest BCUT2D eigenvalue weighted by Gasteiger charge is 2.35. The van der Waals surface area contributed by atoms with Crippen LogP contribution in [0.25, 0.3) is 0 Å². The van der Waals surface area contributed by atoms with Gasteiger partial charge in [-0.25, -0.2) is 0 Å². The zero-order valence-corrected chi connectivity index (χ0v) is 11.1. The van der Waals surface area contributed by atoms with E-state index >= 15 is 0 Å². The van der Waals surface area contributed by atoms with Crippen LogP contribution in [0.4, 0.5) is 13.2 Å². The number of hydrogen-bond acceptors (Lipinski definition) is 3. The molecular formula is C11H11BrF3NO3. The maximum absolute atomic E-state index is 12.8. The Labute approximate surface area is 115 Å². The number of carboxylic acids is 1. The summed E-state index contributed by atoms with van der Waals surface area (Å²) in [6.45, 7) is 0. The molecule has 1 aromatic rings. The monoisotopic (exact) mass is 341 g/mol. The summed E-state index contributed by atoms with van der Waals surface area (Å²) in [6.07, 6.45) is -5.14. The van der Waals surface area contributed by atoms with E-state index in [0.29, 0.717) is 6.07 Å². The molecule has 4 N–H and O–H groups in total. The molecule has 0 saturated carbocycles. The summed E-state index contributed by atoms with van der Waals surface area (Å²) in [7, 11) is 0. The highest BCUT2D eigenvalue weighted by molar-refractivity contribution is 9.10. The number of carbonyl (C=O) groups is 1. The SMILES string of the molecule is NC(CCC(=O)O)c1cc(Br)c(O)cc1C(F)(F)F. The third-order valence-corrected chi connectivity index (χ3v) is 3.13. The van der Waals surface area contributed by atoms with Crippen LogP contribution in [0.5, 0.6) is 5.75 Å². The zero-order valence-electron chi connectivity index (χ0n) is 9.54. The number of benzene rings is 1. The van der Waals surface area contributed by atoms with E-state index in [0.717, 1.165) is 6.07 Å². The molecule has 0 radical (unpaired) electrons. The van der Waals surface area contributed by atoms with Crippen LogP contribution in [-0.2, 0) is 11.0 Å². The van der Waals surface area contributed by atoms with Crippen molar-refractivity contribution in [2.24, 2.45) is 5.73 Å². The van der Waals surface area contributed by atoms with E-state index in [1.54, 1.807) is 0 Å². The van der Waals surface area contributed by atoms with Gasteiger partial charge in [-0.1, -0.05) is 0 Å². The molecule has 0 spiro atoms. The molecule has 0 aliphatic heterocycles. The summed E-state index contributed by atoms with van der Waals surface area (Å²) in [5.74, 6) is -1.69. The van der Waals surface area contributed by atoms with Crippen LogP contribution in [0.1, 0.15) is 30.0 Å². The molecule has 0 amide bonds. The Morgan fingerprint density at radius 1 is 1.42 bits per heavy atom. The Morgan fingerprint density at radius 3 is 2.47 bits per heavy atom. The Hall–Kier alpha value is -1.28. The first-order valence-electron chi connectivity index (χ1n) is 5.20. The first-order valence-corrected chi connectivity index (χ1v) is 5.99. The van der Waals surface area contributed by atoms with Crippen molar-refractivity contribution in [2.75, 3.05) is 0 Å². The van der Waals surface area contributed by atoms with Gasteiger partial charge in [-0.3, -0.25) is 4.79 Å². The Morgan fingerprint density at radius 2 is 2.00 bits per heavy atom. The van der Waals surface area contributed by atoms with Crippen molar-refractivity contribution in [3.05, 3.63) is 27.7 Å². The fourth-order valence-electron chi connectivity index (χ4n) is 1.56. The molecule has 0 fully saturated rings. The number of aliphatic carboxylic acids is 1. The highest BCUT2D eigenvalue weighted by atomic mass is 79.9. The summed E-state index contributed by atoms with van der Waals surface area (Å²) in [5.41, 5.74) is 4.28. The lowest BCUT2D eigenvalue weighted by Crippen LogP contribution is -2.18. The van der Waals surface area contributed by atoms with Crippen LogP contribution in [0.15, 0.2) is 16.6 Å². The minimum absolute atomic E-state index is 0.0706. The van der Waals surface area contributed by atoms with Crippen molar-refractivity contribution in [3.8, 4) is 5.75 Å². The number of carboxylic acid groups (broad SMARTS) is 1. The number of hydrogen-bond donors (Lipinski definition) is 3. The van der Waals surface area contributed by atoms with Gasteiger partial charge in [0, 0.05) is 12.5 Å². The first-order chi connectivity index (χ1) is 8.62. The van der Waals surface area contributed by atoms with Gasteiger partial charge < -0.3 is 15.9 Å². The Balaban J connectivity index is 3.17. The molecule has 0 heterocycles. The van der Waals surface area contributed by atoms with Crippen molar-refractivity contribution < 1.29 is 28.2 Å². The van der Waals surface area contributed by atoms with Gasteiger partial charge in [-0.2, -0.15) is 13.2 Å². The van der Waals surface area contributed by atoms with Crippen LogP contribution in [0, 0.1) is 0 Å². The predicted octanol–water partition coefficient (Wildman–Crippen LogP) is 3.04. The van der Waals surface area contributed by atoms with Crippen LogP contribution in [0.3, 0.4) is 0 Å². The van der Waals surface area contributed by atoms with Gasteiger partial charge in [0.2, 0.25) is 0 Å². The molecule has 1 aromatic carbocycles. The van der Waals surface area contributed by atoms with Gasteiger partial charge in [0.05, 0.1) is 10.0 Å². The molecular weight excluding hydrogens is 331 g/mol. The molecule has 1 rings (SSSR count). The molecule has 1 atom stereocenters. The number of rotatable bonds is 4. The number of nitrogens with two attached hydrogens (primary N) is 1. The average Bonchev–Trinajstić information content (AvgIpc) is 2.27. The normalized spacial score (nSPS) is 13.3. The molecule has 8 heteroatoms. The predicted molar refractivity (Wildman–Crippen MR) is 64.6 cm³/mol. The minimum atomic E-state index is -4.67. The van der Waals surface area contributed by atoms with Crippen molar-refractivity contribution in [1.29, 1.82) is 0 Å². The number of aromatic hydroxyl groups is 1. The molecule has 106 valence electrons. The fourth-order valence-corrected chi connectivity index (χ4v) is 1.93. The van der Waals surface area contributed by atoms with Gasteiger partial charge in [-0.15, -0.1) is 0 Å². The lowest BCUT2D eigenvalue weighted by molar-refractivity contribution is -0.138. The second-order valence-electron chi connectivity index (χ2n) is 3.93. The van der Waals surface area contributed by atoms with E-state index in [1.165, 1.54) is 0 Å². The average molecular weight is 342 g/mol. The Bertz CT molecular complexity index is 491. The van der Waals surface area contributed by atoms with Crippen LogP contribution >= 0.6 is 15.9 Å². The Kier molecular flexibility index (Phi) is 4.81. The summed E-state index contributed by atoms with van der Waals surface area (Å²) in [6, 6.07) is 0.551. The van der Waals surface area contributed by atoms with Crippen molar-refractivity contribution >= 4 is 21.9 Å². The van der Waals surface area contributed by atoms with Crippen LogP contribution in [0.2, 0.25) is 0 Å². The highest BCUT2D eigenvalue weighted by Crippen LogP contribution is 2.40. The smallest absolute Gasteiger partial charge is 0.416 e. The maximum atomic E-state index is 12.8. The van der Waals surface area contributed by atoms with Crippen molar-refractivity contribution in [2.45, 2.75) is 25.1 Å². The largest absolute Gasteiger partial charge is 0.507 e. The third-order valence-electron chi connectivity index (χ3n) is 2.49. The molecule has 0 aromatic heterocycles. The van der Waals surface area contributed by atoms with Crippen molar-refractivity contribution in [1.82, 2.24) is 0 Å². The van der Waals surface area contributed by atoms with Gasteiger partial charge >= 0.3 is 12.1 Å². The van der Waals surface area contributed by atoms with Gasteiger partial charge in [-0.05, 0) is 40.0 Å². The quantitative estimate of drug-likeness (QED) is 0.785. The fraction of sp³-hybridized carbons (Fsp3) is 0.364. The zero-order chi connectivity index (χ0) is 14.8.